The number of carboxylic acids is 1. The average molecular weight is 326 g/mol. The van der Waals surface area contributed by atoms with E-state index < -0.39 is 17.6 Å². The number of nitrogens with zero attached hydrogens (tertiary/aromatic N) is 4. The lowest BCUT2D eigenvalue weighted by Gasteiger charge is -2.08. The molecular formula is C15H12N5O4-. The summed E-state index contributed by atoms with van der Waals surface area (Å²) in [4.78, 5) is 30.8. The Morgan fingerprint density at radius 2 is 1.92 bits per heavy atom. The van der Waals surface area contributed by atoms with Crippen LogP contribution >= 0.6 is 0 Å². The van der Waals surface area contributed by atoms with Crippen molar-refractivity contribution in [1.29, 1.82) is 0 Å². The molecule has 0 spiro atoms. The van der Waals surface area contributed by atoms with Crippen molar-refractivity contribution < 1.29 is 19.4 Å². The van der Waals surface area contributed by atoms with Crippen molar-refractivity contribution in [2.75, 3.05) is 12.4 Å². The predicted molar refractivity (Wildman–Crippen MR) is 81.6 cm³/mol. The highest BCUT2D eigenvalue weighted by atomic mass is 16.5. The second kappa shape index (κ2) is 5.95. The first kappa shape index (κ1) is 15.4. The maximum Gasteiger partial charge on any atom is 0.277 e. The SMILES string of the molecule is COc1cccc2c1c(NC(=O)c1nccnc1C(=O)[O-])nn2C. The van der Waals surface area contributed by atoms with Gasteiger partial charge in [-0.2, -0.15) is 5.10 Å². The van der Waals surface area contributed by atoms with Crippen LogP contribution in [-0.4, -0.2) is 38.7 Å². The number of anilines is 1. The fraction of sp³-hybridized carbons (Fsp3) is 0.133. The Morgan fingerprint density at radius 3 is 2.58 bits per heavy atom. The van der Waals surface area contributed by atoms with E-state index in [4.69, 9.17) is 4.74 Å². The number of aromatic nitrogens is 4. The Hall–Kier alpha value is -3.49. The third-order valence-electron chi connectivity index (χ3n) is 3.40. The highest BCUT2D eigenvalue weighted by molar-refractivity contribution is 6.11. The van der Waals surface area contributed by atoms with Crippen molar-refractivity contribution >= 4 is 28.6 Å². The lowest BCUT2D eigenvalue weighted by molar-refractivity contribution is -0.255. The number of hydrogen-bond donors (Lipinski definition) is 1. The fourth-order valence-electron chi connectivity index (χ4n) is 2.36. The summed E-state index contributed by atoms with van der Waals surface area (Å²) in [5, 5.41) is 18.4. The summed E-state index contributed by atoms with van der Waals surface area (Å²) in [5.41, 5.74) is -0.155. The molecule has 0 aliphatic heterocycles. The van der Waals surface area contributed by atoms with Crippen molar-refractivity contribution in [3.63, 3.8) is 0 Å². The Labute approximate surface area is 135 Å². The molecule has 9 heteroatoms. The minimum atomic E-state index is -1.59. The Bertz CT molecular complexity index is 950. The highest BCUT2D eigenvalue weighted by Crippen LogP contribution is 2.31. The van der Waals surface area contributed by atoms with Crippen molar-refractivity contribution in [3.8, 4) is 5.75 Å². The number of amides is 1. The first-order valence-electron chi connectivity index (χ1n) is 6.86. The van der Waals surface area contributed by atoms with Gasteiger partial charge >= 0.3 is 0 Å². The van der Waals surface area contributed by atoms with Crippen molar-refractivity contribution in [2.45, 2.75) is 0 Å². The van der Waals surface area contributed by atoms with E-state index in [1.54, 1.807) is 23.9 Å². The fourth-order valence-corrected chi connectivity index (χ4v) is 2.36. The van der Waals surface area contributed by atoms with Crippen LogP contribution in [0.4, 0.5) is 5.82 Å². The lowest BCUT2D eigenvalue weighted by atomic mass is 10.2. The van der Waals surface area contributed by atoms with Gasteiger partial charge < -0.3 is 20.0 Å². The summed E-state index contributed by atoms with van der Waals surface area (Å²) < 4.78 is 6.87. The van der Waals surface area contributed by atoms with Crippen LogP contribution in [0.3, 0.4) is 0 Å². The van der Waals surface area contributed by atoms with Gasteiger partial charge in [0.2, 0.25) is 0 Å². The molecule has 0 radical (unpaired) electrons. The number of hydrogen-bond acceptors (Lipinski definition) is 7. The van der Waals surface area contributed by atoms with E-state index in [-0.39, 0.29) is 11.5 Å². The van der Waals surface area contributed by atoms with Gasteiger partial charge in [-0.25, -0.2) is 4.98 Å². The number of carbonyl (C=O) groups excluding carboxylic acids is 2. The van der Waals surface area contributed by atoms with Crippen LogP contribution in [0, 0.1) is 0 Å². The van der Waals surface area contributed by atoms with E-state index in [9.17, 15) is 14.7 Å². The normalized spacial score (nSPS) is 10.6. The first-order valence-corrected chi connectivity index (χ1v) is 6.86. The van der Waals surface area contributed by atoms with E-state index in [1.165, 1.54) is 19.5 Å². The van der Waals surface area contributed by atoms with Gasteiger partial charge in [-0.3, -0.25) is 14.5 Å². The molecule has 2 aromatic heterocycles. The summed E-state index contributed by atoms with van der Waals surface area (Å²) in [6.45, 7) is 0. The zero-order valence-electron chi connectivity index (χ0n) is 12.8. The predicted octanol–water partition coefficient (Wildman–Crippen LogP) is -0.0123. The van der Waals surface area contributed by atoms with Crippen LogP contribution in [0.15, 0.2) is 30.6 Å². The van der Waals surface area contributed by atoms with Crippen molar-refractivity contribution in [2.24, 2.45) is 7.05 Å². The number of carboxylic acid groups (broad SMARTS) is 1. The summed E-state index contributed by atoms with van der Waals surface area (Å²) in [5.74, 6) is -1.59. The van der Waals surface area contributed by atoms with Crippen LogP contribution in [0.25, 0.3) is 10.9 Å². The minimum absolute atomic E-state index is 0.227. The summed E-state index contributed by atoms with van der Waals surface area (Å²) >= 11 is 0. The number of aromatic carboxylic acids is 1. The number of nitrogens with one attached hydrogen (secondary N) is 1. The smallest absolute Gasteiger partial charge is 0.277 e. The number of benzene rings is 1. The molecule has 1 amide bonds. The largest absolute Gasteiger partial charge is 0.543 e. The molecule has 0 saturated heterocycles. The molecule has 0 fully saturated rings. The average Bonchev–Trinajstić information content (AvgIpc) is 2.91. The van der Waals surface area contributed by atoms with Gasteiger partial charge in [0.1, 0.15) is 11.4 Å². The molecule has 0 bridgehead atoms. The molecule has 0 unspecified atom stereocenters. The van der Waals surface area contributed by atoms with E-state index >= 15 is 0 Å². The van der Waals surface area contributed by atoms with Gasteiger partial charge in [-0.1, -0.05) is 6.07 Å². The molecule has 9 nitrogen and oxygen atoms in total. The third kappa shape index (κ3) is 2.51. The third-order valence-corrected chi connectivity index (χ3v) is 3.40. The monoisotopic (exact) mass is 326 g/mol. The number of fused-ring (bicyclic) bond motifs is 1. The number of methoxy groups -OCH3 is 1. The Kier molecular flexibility index (Phi) is 3.82. The van der Waals surface area contributed by atoms with E-state index in [2.05, 4.69) is 20.4 Å². The molecule has 2 heterocycles. The summed E-state index contributed by atoms with van der Waals surface area (Å²) in [6, 6.07) is 5.34. The maximum atomic E-state index is 12.4. The number of aryl methyl sites for hydroxylation is 1. The molecule has 0 atom stereocenters. The van der Waals surface area contributed by atoms with E-state index in [0.29, 0.717) is 11.1 Å². The molecule has 24 heavy (non-hydrogen) atoms. The Balaban J connectivity index is 2.05. The minimum Gasteiger partial charge on any atom is -0.543 e. The summed E-state index contributed by atoms with van der Waals surface area (Å²) in [6.07, 6.45) is 2.39. The van der Waals surface area contributed by atoms with Gasteiger partial charge in [0.25, 0.3) is 5.91 Å². The molecule has 122 valence electrons. The van der Waals surface area contributed by atoms with Crippen molar-refractivity contribution in [1.82, 2.24) is 19.7 Å². The standard InChI is InChI=1S/C15H13N5O4/c1-20-8-4-3-5-9(24-2)10(8)13(19-20)18-14(21)11-12(15(22)23)17-7-6-16-11/h3-7H,1-2H3,(H,22,23)(H,18,19,21)/p-1. The number of carbonyl (C=O) groups is 2. The van der Waals surface area contributed by atoms with Gasteiger partial charge in [0.15, 0.2) is 11.5 Å². The molecule has 0 saturated carbocycles. The first-order chi connectivity index (χ1) is 11.5. The van der Waals surface area contributed by atoms with Crippen LogP contribution in [0.5, 0.6) is 5.75 Å². The van der Waals surface area contributed by atoms with Gasteiger partial charge in [-0.15, -0.1) is 0 Å². The van der Waals surface area contributed by atoms with E-state index in [1.807, 2.05) is 6.07 Å². The van der Waals surface area contributed by atoms with E-state index in [0.717, 1.165) is 5.52 Å². The van der Waals surface area contributed by atoms with Gasteiger partial charge in [0.05, 0.1) is 24.0 Å². The molecule has 1 N–H and O–H groups in total. The quantitative estimate of drug-likeness (QED) is 0.715. The second-order valence-corrected chi connectivity index (χ2v) is 4.82. The molecule has 1 aromatic carbocycles. The highest BCUT2D eigenvalue weighted by Gasteiger charge is 2.20. The molecular weight excluding hydrogens is 314 g/mol. The van der Waals surface area contributed by atoms with Gasteiger partial charge in [0, 0.05) is 19.4 Å². The van der Waals surface area contributed by atoms with Crippen LogP contribution < -0.4 is 15.2 Å². The zero-order valence-corrected chi connectivity index (χ0v) is 12.8. The summed E-state index contributed by atoms with van der Waals surface area (Å²) in [7, 11) is 3.22. The zero-order chi connectivity index (χ0) is 17.3. The topological polar surface area (TPSA) is 122 Å². The molecule has 3 aromatic rings. The van der Waals surface area contributed by atoms with Crippen molar-refractivity contribution in [3.05, 3.63) is 42.0 Å². The Morgan fingerprint density at radius 1 is 1.21 bits per heavy atom. The molecule has 3 rings (SSSR count). The van der Waals surface area contributed by atoms with Crippen LogP contribution in [0.2, 0.25) is 0 Å². The number of rotatable bonds is 4. The maximum absolute atomic E-state index is 12.4. The van der Waals surface area contributed by atoms with Crippen LogP contribution in [0.1, 0.15) is 21.0 Å². The van der Waals surface area contributed by atoms with Crippen LogP contribution in [-0.2, 0) is 7.05 Å². The second-order valence-electron chi connectivity index (χ2n) is 4.82. The number of ether oxygens (including phenoxy) is 1. The molecule has 0 aliphatic carbocycles. The molecule has 0 aliphatic rings. The lowest BCUT2D eigenvalue weighted by Crippen LogP contribution is -2.28. The van der Waals surface area contributed by atoms with Gasteiger partial charge in [-0.05, 0) is 12.1 Å².